The number of benzene rings is 1. The van der Waals surface area contributed by atoms with Crippen LogP contribution in [0.15, 0.2) is 46.8 Å². The molecule has 0 saturated carbocycles. The molecule has 0 bridgehead atoms. The maximum atomic E-state index is 13.2. The molecule has 0 amide bonds. The number of aromatic nitrogens is 2. The Hall–Kier alpha value is -2.17. The van der Waals surface area contributed by atoms with Gasteiger partial charge in [0, 0.05) is 29.1 Å². The quantitative estimate of drug-likeness (QED) is 0.584. The molecule has 0 saturated heterocycles. The van der Waals surface area contributed by atoms with E-state index in [9.17, 15) is 21.6 Å². The Morgan fingerprint density at radius 3 is 2.56 bits per heavy atom. The Kier molecular flexibility index (Phi) is 5.15. The summed E-state index contributed by atoms with van der Waals surface area (Å²) in [4.78, 5) is 7.40. The third-order valence-electron chi connectivity index (χ3n) is 3.46. The van der Waals surface area contributed by atoms with Gasteiger partial charge in [-0.15, -0.1) is 11.3 Å². The van der Waals surface area contributed by atoms with Gasteiger partial charge in [-0.25, -0.2) is 18.4 Å². The SMILES string of the molecule is CS(=O)(=O)c1ccc(Nc2nc(-c3ccnc(Cl)c3)cs2)cc1C(F)(F)F. The van der Waals surface area contributed by atoms with Crippen LogP contribution in [0.1, 0.15) is 5.56 Å². The Balaban J connectivity index is 1.93. The molecule has 0 radical (unpaired) electrons. The highest BCUT2D eigenvalue weighted by Crippen LogP contribution is 2.37. The van der Waals surface area contributed by atoms with Gasteiger partial charge in [0.1, 0.15) is 5.15 Å². The molecule has 5 nitrogen and oxygen atoms in total. The molecule has 0 unspecified atom stereocenters. The average Bonchev–Trinajstić information content (AvgIpc) is 3.01. The summed E-state index contributed by atoms with van der Waals surface area (Å²) in [7, 11) is -4.02. The molecular formula is C16H11ClF3N3O2S2. The van der Waals surface area contributed by atoms with E-state index in [2.05, 4.69) is 15.3 Å². The summed E-state index contributed by atoms with van der Waals surface area (Å²) in [5.41, 5.74) is 0.134. The lowest BCUT2D eigenvalue weighted by atomic mass is 10.2. The minimum Gasteiger partial charge on any atom is -0.332 e. The van der Waals surface area contributed by atoms with Crippen LogP contribution in [0.25, 0.3) is 11.3 Å². The number of hydrogen-bond donors (Lipinski definition) is 1. The lowest BCUT2D eigenvalue weighted by molar-refractivity contribution is -0.139. The first-order valence-electron chi connectivity index (χ1n) is 7.30. The molecule has 1 N–H and O–H groups in total. The normalized spacial score (nSPS) is 12.2. The number of anilines is 2. The summed E-state index contributed by atoms with van der Waals surface area (Å²) in [6.45, 7) is 0. The van der Waals surface area contributed by atoms with Crippen molar-refractivity contribution in [1.82, 2.24) is 9.97 Å². The van der Waals surface area contributed by atoms with Gasteiger partial charge in [0.15, 0.2) is 15.0 Å². The van der Waals surface area contributed by atoms with Crippen molar-refractivity contribution in [2.75, 3.05) is 11.6 Å². The number of pyridine rings is 1. The number of nitrogens with zero attached hydrogens (tertiary/aromatic N) is 2. The van der Waals surface area contributed by atoms with Gasteiger partial charge >= 0.3 is 6.18 Å². The van der Waals surface area contributed by atoms with E-state index in [0.29, 0.717) is 21.5 Å². The summed E-state index contributed by atoms with van der Waals surface area (Å²) < 4.78 is 62.9. The van der Waals surface area contributed by atoms with Gasteiger partial charge < -0.3 is 5.32 Å². The first-order valence-corrected chi connectivity index (χ1v) is 10.4. The van der Waals surface area contributed by atoms with Crippen LogP contribution in [-0.2, 0) is 16.0 Å². The van der Waals surface area contributed by atoms with Crippen molar-refractivity contribution in [2.24, 2.45) is 0 Å². The van der Waals surface area contributed by atoms with E-state index in [1.807, 2.05) is 0 Å². The standard InChI is InChI=1S/C16H11ClF3N3O2S2/c1-27(24,25)13-3-2-10(7-11(13)16(18,19)20)22-15-23-12(8-26-15)9-4-5-21-14(17)6-9/h2-8H,1H3,(H,22,23). The molecule has 0 aliphatic rings. The van der Waals surface area contributed by atoms with Gasteiger partial charge in [-0.1, -0.05) is 11.6 Å². The van der Waals surface area contributed by atoms with E-state index >= 15 is 0 Å². The summed E-state index contributed by atoms with van der Waals surface area (Å²) in [5, 5.41) is 5.11. The Bertz CT molecular complexity index is 1100. The fourth-order valence-electron chi connectivity index (χ4n) is 2.30. The zero-order valence-corrected chi connectivity index (χ0v) is 16.0. The largest absolute Gasteiger partial charge is 0.417 e. The van der Waals surface area contributed by atoms with E-state index in [0.717, 1.165) is 18.4 Å². The van der Waals surface area contributed by atoms with Crippen molar-refractivity contribution >= 4 is 43.6 Å². The van der Waals surface area contributed by atoms with Crippen molar-refractivity contribution in [2.45, 2.75) is 11.1 Å². The maximum Gasteiger partial charge on any atom is 0.417 e. The Morgan fingerprint density at radius 1 is 1.19 bits per heavy atom. The zero-order valence-electron chi connectivity index (χ0n) is 13.6. The maximum absolute atomic E-state index is 13.2. The second-order valence-corrected chi connectivity index (χ2v) is 8.74. The van der Waals surface area contributed by atoms with Gasteiger partial charge in [-0.2, -0.15) is 13.2 Å². The second kappa shape index (κ2) is 7.10. The van der Waals surface area contributed by atoms with Crippen LogP contribution in [0.2, 0.25) is 5.15 Å². The minimum absolute atomic E-state index is 0.0726. The highest BCUT2D eigenvalue weighted by molar-refractivity contribution is 7.90. The second-order valence-electron chi connectivity index (χ2n) is 5.51. The fourth-order valence-corrected chi connectivity index (χ4v) is 4.10. The van der Waals surface area contributed by atoms with E-state index in [1.54, 1.807) is 17.5 Å². The highest BCUT2D eigenvalue weighted by atomic mass is 35.5. The van der Waals surface area contributed by atoms with Crippen molar-refractivity contribution < 1.29 is 21.6 Å². The summed E-state index contributed by atoms with van der Waals surface area (Å²) in [5.74, 6) is 0. The molecule has 2 heterocycles. The molecule has 0 spiro atoms. The smallest absolute Gasteiger partial charge is 0.332 e. The van der Waals surface area contributed by atoms with Crippen LogP contribution < -0.4 is 5.32 Å². The number of halogens is 4. The molecule has 0 fully saturated rings. The highest BCUT2D eigenvalue weighted by Gasteiger charge is 2.36. The lowest BCUT2D eigenvalue weighted by Gasteiger charge is -2.13. The molecule has 0 atom stereocenters. The fraction of sp³-hybridized carbons (Fsp3) is 0.125. The molecule has 2 aromatic heterocycles. The molecule has 27 heavy (non-hydrogen) atoms. The van der Waals surface area contributed by atoms with E-state index in [-0.39, 0.29) is 5.69 Å². The average molecular weight is 434 g/mol. The molecule has 11 heteroatoms. The van der Waals surface area contributed by atoms with E-state index in [1.165, 1.54) is 23.6 Å². The van der Waals surface area contributed by atoms with Gasteiger partial charge in [0.25, 0.3) is 0 Å². The molecule has 0 aliphatic heterocycles. The third-order valence-corrected chi connectivity index (χ3v) is 5.58. The number of sulfone groups is 1. The van der Waals surface area contributed by atoms with Crippen molar-refractivity contribution in [3.8, 4) is 11.3 Å². The monoisotopic (exact) mass is 433 g/mol. The van der Waals surface area contributed by atoms with Crippen LogP contribution in [0.3, 0.4) is 0 Å². The predicted molar refractivity (Wildman–Crippen MR) is 98.2 cm³/mol. The molecule has 0 aliphatic carbocycles. The van der Waals surface area contributed by atoms with Crippen LogP contribution in [0, 0.1) is 0 Å². The molecule has 142 valence electrons. The van der Waals surface area contributed by atoms with Crippen molar-refractivity contribution in [3.05, 3.63) is 52.6 Å². The number of alkyl halides is 3. The molecule has 1 aromatic carbocycles. The van der Waals surface area contributed by atoms with Gasteiger partial charge in [0.2, 0.25) is 0 Å². The summed E-state index contributed by atoms with van der Waals surface area (Å²) in [6, 6.07) is 6.25. The van der Waals surface area contributed by atoms with Crippen molar-refractivity contribution in [3.63, 3.8) is 0 Å². The van der Waals surface area contributed by atoms with Crippen LogP contribution in [-0.4, -0.2) is 24.6 Å². The summed E-state index contributed by atoms with van der Waals surface area (Å²) >= 11 is 7.02. The zero-order chi connectivity index (χ0) is 19.8. The van der Waals surface area contributed by atoms with E-state index < -0.39 is 26.5 Å². The number of nitrogens with one attached hydrogen (secondary N) is 1. The van der Waals surface area contributed by atoms with Gasteiger partial charge in [0.05, 0.1) is 16.2 Å². The minimum atomic E-state index is -4.81. The number of thiazole rings is 1. The van der Waals surface area contributed by atoms with Crippen LogP contribution >= 0.6 is 22.9 Å². The first-order chi connectivity index (χ1) is 12.5. The molecule has 3 rings (SSSR count). The lowest BCUT2D eigenvalue weighted by Crippen LogP contribution is -2.13. The third kappa shape index (κ3) is 4.57. The number of hydrogen-bond acceptors (Lipinski definition) is 6. The Morgan fingerprint density at radius 2 is 1.93 bits per heavy atom. The number of rotatable bonds is 4. The Labute approximate surface area is 161 Å². The van der Waals surface area contributed by atoms with Crippen molar-refractivity contribution in [1.29, 1.82) is 0 Å². The van der Waals surface area contributed by atoms with Crippen LogP contribution in [0.5, 0.6) is 0 Å². The molecule has 3 aromatic rings. The van der Waals surface area contributed by atoms with Gasteiger partial charge in [-0.3, -0.25) is 0 Å². The summed E-state index contributed by atoms with van der Waals surface area (Å²) in [6.07, 6.45) is -2.56. The van der Waals surface area contributed by atoms with E-state index in [4.69, 9.17) is 11.6 Å². The van der Waals surface area contributed by atoms with Gasteiger partial charge in [-0.05, 0) is 30.3 Å². The first kappa shape index (κ1) is 19.6. The predicted octanol–water partition coefficient (Wildman–Crippen LogP) is 5.02. The molecular weight excluding hydrogens is 423 g/mol. The topological polar surface area (TPSA) is 72.0 Å². The van der Waals surface area contributed by atoms with Crippen LogP contribution in [0.4, 0.5) is 24.0 Å².